The molecule has 0 radical (unpaired) electrons. The summed E-state index contributed by atoms with van der Waals surface area (Å²) in [5, 5.41) is 9.22. The molecular weight excluding hydrogens is 295 g/mol. The van der Waals surface area contributed by atoms with E-state index >= 15 is 0 Å². The highest BCUT2D eigenvalue weighted by atomic mass is 19.1. The maximum Gasteiger partial charge on any atom is 0.264 e. The lowest BCUT2D eigenvalue weighted by atomic mass is 10.2. The minimum absolute atomic E-state index is 0.0620. The highest BCUT2D eigenvalue weighted by Gasteiger charge is 2.21. The normalized spacial score (nSPS) is 14.8. The van der Waals surface area contributed by atoms with E-state index in [0.29, 0.717) is 24.6 Å². The van der Waals surface area contributed by atoms with Gasteiger partial charge in [-0.1, -0.05) is 0 Å². The van der Waals surface area contributed by atoms with Crippen molar-refractivity contribution in [3.63, 3.8) is 0 Å². The van der Waals surface area contributed by atoms with Crippen LogP contribution < -0.4 is 0 Å². The Hall–Kier alpha value is -2.87. The maximum absolute atomic E-state index is 12.9. The van der Waals surface area contributed by atoms with E-state index in [2.05, 4.69) is 0 Å². The quantitative estimate of drug-likeness (QED) is 0.642. The van der Waals surface area contributed by atoms with Crippen molar-refractivity contribution in [2.75, 3.05) is 13.1 Å². The van der Waals surface area contributed by atoms with Crippen LogP contribution in [0.1, 0.15) is 18.6 Å². The predicted molar refractivity (Wildman–Crippen MR) is 83.5 cm³/mol. The first-order valence-electron chi connectivity index (χ1n) is 7.44. The molecule has 2 heterocycles. The summed E-state index contributed by atoms with van der Waals surface area (Å²) in [5.74, 6) is 0.406. The van der Waals surface area contributed by atoms with Crippen molar-refractivity contribution >= 4 is 12.0 Å². The molecule has 0 aliphatic carbocycles. The molecule has 0 saturated carbocycles. The van der Waals surface area contributed by atoms with Crippen molar-refractivity contribution in [2.24, 2.45) is 0 Å². The minimum atomic E-state index is -0.316. The van der Waals surface area contributed by atoms with Gasteiger partial charge in [-0.05, 0) is 49.2 Å². The zero-order valence-electron chi connectivity index (χ0n) is 12.5. The first kappa shape index (κ1) is 15.0. The number of hydrogen-bond donors (Lipinski definition) is 0. The Labute approximate surface area is 133 Å². The third-order valence-electron chi connectivity index (χ3n) is 3.79. The van der Waals surface area contributed by atoms with Gasteiger partial charge in [0.2, 0.25) is 0 Å². The van der Waals surface area contributed by atoms with Crippen LogP contribution in [0.3, 0.4) is 0 Å². The van der Waals surface area contributed by atoms with Crippen LogP contribution in [0, 0.1) is 17.1 Å². The van der Waals surface area contributed by atoms with Crippen molar-refractivity contribution in [3.05, 3.63) is 53.5 Å². The van der Waals surface area contributed by atoms with Crippen LogP contribution in [0.25, 0.3) is 17.4 Å². The summed E-state index contributed by atoms with van der Waals surface area (Å²) in [6.07, 6.45) is 3.40. The summed E-state index contributed by atoms with van der Waals surface area (Å²) in [6.45, 7) is 1.38. The lowest BCUT2D eigenvalue weighted by Gasteiger charge is -2.13. The molecule has 3 rings (SSSR count). The Balaban J connectivity index is 1.82. The standard InChI is InChI=1S/C18H15FN2O2/c19-15-5-3-13(4-6-15)17-8-7-16(23-17)11-14(12-20)18(22)21-9-1-2-10-21/h3-8,11H,1-2,9-10H2/b14-11+. The van der Waals surface area contributed by atoms with Crippen LogP contribution in [-0.2, 0) is 4.79 Å². The molecule has 1 fully saturated rings. The molecule has 0 atom stereocenters. The largest absolute Gasteiger partial charge is 0.457 e. The van der Waals surface area contributed by atoms with Crippen molar-refractivity contribution < 1.29 is 13.6 Å². The van der Waals surface area contributed by atoms with Crippen molar-refractivity contribution in [1.82, 2.24) is 4.90 Å². The lowest BCUT2D eigenvalue weighted by molar-refractivity contribution is -0.125. The number of rotatable bonds is 3. The average molecular weight is 310 g/mol. The molecule has 2 aromatic rings. The summed E-state index contributed by atoms with van der Waals surface area (Å²) >= 11 is 0. The van der Waals surface area contributed by atoms with Crippen LogP contribution in [-0.4, -0.2) is 23.9 Å². The second-order valence-electron chi connectivity index (χ2n) is 5.38. The Kier molecular flexibility index (Phi) is 4.24. The fourth-order valence-electron chi connectivity index (χ4n) is 2.57. The number of furan rings is 1. The van der Waals surface area contributed by atoms with Gasteiger partial charge in [0.05, 0.1) is 0 Å². The van der Waals surface area contributed by atoms with Crippen LogP contribution in [0.15, 0.2) is 46.4 Å². The third kappa shape index (κ3) is 3.32. The Morgan fingerprint density at radius 3 is 2.52 bits per heavy atom. The van der Waals surface area contributed by atoms with Gasteiger partial charge in [-0.2, -0.15) is 5.26 Å². The molecule has 23 heavy (non-hydrogen) atoms. The van der Waals surface area contributed by atoms with Gasteiger partial charge in [-0.3, -0.25) is 4.79 Å². The highest BCUT2D eigenvalue weighted by molar-refractivity contribution is 6.01. The van der Waals surface area contributed by atoms with Crippen molar-refractivity contribution in [1.29, 1.82) is 5.26 Å². The number of likely N-dealkylation sites (tertiary alicyclic amines) is 1. The second-order valence-corrected chi connectivity index (χ2v) is 5.38. The molecule has 1 aliphatic heterocycles. The maximum atomic E-state index is 12.9. The summed E-state index contributed by atoms with van der Waals surface area (Å²) in [6, 6.07) is 11.3. The monoisotopic (exact) mass is 310 g/mol. The first-order valence-corrected chi connectivity index (χ1v) is 7.44. The number of halogens is 1. The number of amides is 1. The number of carbonyl (C=O) groups is 1. The van der Waals surface area contributed by atoms with E-state index in [-0.39, 0.29) is 17.3 Å². The molecule has 0 unspecified atom stereocenters. The molecule has 0 spiro atoms. The molecule has 1 aromatic heterocycles. The molecular formula is C18H15FN2O2. The zero-order valence-corrected chi connectivity index (χ0v) is 12.5. The number of benzene rings is 1. The van der Waals surface area contributed by atoms with Gasteiger partial charge in [0, 0.05) is 24.7 Å². The molecule has 1 aromatic carbocycles. The molecule has 1 aliphatic rings. The van der Waals surface area contributed by atoms with E-state index in [4.69, 9.17) is 4.42 Å². The Bertz CT molecular complexity index is 778. The van der Waals surface area contributed by atoms with Crippen LogP contribution in [0.4, 0.5) is 4.39 Å². The Morgan fingerprint density at radius 2 is 1.87 bits per heavy atom. The molecule has 116 valence electrons. The van der Waals surface area contributed by atoms with Crippen molar-refractivity contribution in [3.8, 4) is 17.4 Å². The molecule has 4 nitrogen and oxygen atoms in total. The molecule has 5 heteroatoms. The van der Waals surface area contributed by atoms with Gasteiger partial charge in [0.25, 0.3) is 5.91 Å². The number of nitrogens with zero attached hydrogens (tertiary/aromatic N) is 2. The Morgan fingerprint density at radius 1 is 1.17 bits per heavy atom. The van der Waals surface area contributed by atoms with Crippen LogP contribution >= 0.6 is 0 Å². The smallest absolute Gasteiger partial charge is 0.264 e. The highest BCUT2D eigenvalue weighted by Crippen LogP contribution is 2.24. The lowest BCUT2D eigenvalue weighted by Crippen LogP contribution is -2.28. The fourth-order valence-corrected chi connectivity index (χ4v) is 2.57. The molecule has 0 N–H and O–H groups in total. The number of hydrogen-bond acceptors (Lipinski definition) is 3. The number of carbonyl (C=O) groups excluding carboxylic acids is 1. The minimum Gasteiger partial charge on any atom is -0.457 e. The van der Waals surface area contributed by atoms with Gasteiger partial charge in [0.1, 0.15) is 29.0 Å². The van der Waals surface area contributed by atoms with Gasteiger partial charge < -0.3 is 9.32 Å². The average Bonchev–Trinajstić information content (AvgIpc) is 3.24. The summed E-state index contributed by atoms with van der Waals surface area (Å²) in [7, 11) is 0. The fraction of sp³-hybridized carbons (Fsp3) is 0.222. The first-order chi connectivity index (χ1) is 11.2. The molecule has 0 bridgehead atoms. The molecule has 1 amide bonds. The predicted octanol–water partition coefficient (Wildman–Crippen LogP) is 3.62. The summed E-state index contributed by atoms with van der Waals surface area (Å²) < 4.78 is 18.6. The number of nitriles is 1. The zero-order chi connectivity index (χ0) is 16.2. The van der Waals surface area contributed by atoms with Crippen LogP contribution in [0.2, 0.25) is 0 Å². The van der Waals surface area contributed by atoms with Gasteiger partial charge in [-0.25, -0.2) is 4.39 Å². The van der Waals surface area contributed by atoms with Gasteiger partial charge in [0.15, 0.2) is 0 Å². The van der Waals surface area contributed by atoms with E-state index < -0.39 is 0 Å². The van der Waals surface area contributed by atoms with E-state index in [9.17, 15) is 14.4 Å². The topological polar surface area (TPSA) is 57.2 Å². The van der Waals surface area contributed by atoms with E-state index in [1.54, 1.807) is 29.2 Å². The van der Waals surface area contributed by atoms with E-state index in [1.807, 2.05) is 6.07 Å². The van der Waals surface area contributed by atoms with Crippen LogP contribution in [0.5, 0.6) is 0 Å². The van der Waals surface area contributed by atoms with E-state index in [1.165, 1.54) is 18.2 Å². The summed E-state index contributed by atoms with van der Waals surface area (Å²) in [5.41, 5.74) is 0.794. The van der Waals surface area contributed by atoms with Gasteiger partial charge >= 0.3 is 0 Å². The third-order valence-corrected chi connectivity index (χ3v) is 3.79. The van der Waals surface area contributed by atoms with E-state index in [0.717, 1.165) is 18.4 Å². The van der Waals surface area contributed by atoms with Gasteiger partial charge in [-0.15, -0.1) is 0 Å². The molecule has 1 saturated heterocycles. The summed E-state index contributed by atoms with van der Waals surface area (Å²) in [4.78, 5) is 13.9. The second kappa shape index (κ2) is 6.49. The van der Waals surface area contributed by atoms with Crippen molar-refractivity contribution in [2.45, 2.75) is 12.8 Å². The SMILES string of the molecule is N#C/C(=C\c1ccc(-c2ccc(F)cc2)o1)C(=O)N1CCCC1.